The zero-order valence-electron chi connectivity index (χ0n) is 8.82. The Labute approximate surface area is 89.2 Å². The van der Waals surface area contributed by atoms with Gasteiger partial charge in [0.2, 0.25) is 0 Å². The number of hydrogen-bond acceptors (Lipinski definition) is 2. The van der Waals surface area contributed by atoms with Gasteiger partial charge in [-0.25, -0.2) is 0 Å². The Morgan fingerprint density at radius 2 is 2.33 bits per heavy atom. The van der Waals surface area contributed by atoms with E-state index >= 15 is 0 Å². The minimum absolute atomic E-state index is 0.275. The quantitative estimate of drug-likeness (QED) is 0.735. The Bertz CT molecular complexity index is 423. The molecule has 1 unspecified atom stereocenters. The van der Waals surface area contributed by atoms with E-state index in [0.717, 1.165) is 25.2 Å². The average Bonchev–Trinajstić information content (AvgIpc) is 2.87. The highest BCUT2D eigenvalue weighted by Gasteiger charge is 2.43. The van der Waals surface area contributed by atoms with Gasteiger partial charge in [-0.15, -0.1) is 0 Å². The number of hydrogen-bond donors (Lipinski definition) is 0. The Kier molecular flexibility index (Phi) is 1.84. The first-order valence-electron chi connectivity index (χ1n) is 5.52. The molecule has 1 saturated carbocycles. The van der Waals surface area contributed by atoms with Crippen LogP contribution in [-0.2, 0) is 11.2 Å². The van der Waals surface area contributed by atoms with Gasteiger partial charge in [-0.1, -0.05) is 12.1 Å². The van der Waals surface area contributed by atoms with Gasteiger partial charge in [0.15, 0.2) is 0 Å². The van der Waals surface area contributed by atoms with Gasteiger partial charge >= 0.3 is 0 Å². The van der Waals surface area contributed by atoms with E-state index in [1.165, 1.54) is 11.1 Å². The van der Waals surface area contributed by atoms with Crippen LogP contribution in [0.5, 0.6) is 5.75 Å². The first kappa shape index (κ1) is 8.96. The summed E-state index contributed by atoms with van der Waals surface area (Å²) < 4.78 is 5.53. The number of fused-ring (bicyclic) bond motifs is 1. The van der Waals surface area contributed by atoms with Gasteiger partial charge in [0, 0.05) is 17.9 Å². The molecular weight excluding hydrogens is 188 g/mol. The van der Waals surface area contributed by atoms with Crippen molar-refractivity contribution >= 4 is 5.78 Å². The van der Waals surface area contributed by atoms with Gasteiger partial charge in [-0.05, 0) is 30.9 Å². The summed E-state index contributed by atoms with van der Waals surface area (Å²) in [5.74, 6) is 2.11. The molecule has 0 N–H and O–H groups in total. The molecule has 0 bridgehead atoms. The van der Waals surface area contributed by atoms with Gasteiger partial charge < -0.3 is 4.74 Å². The lowest BCUT2D eigenvalue weighted by Crippen LogP contribution is -1.96. The fourth-order valence-electron chi connectivity index (χ4n) is 2.58. The number of ketones is 1. The smallest absolute Gasteiger partial charge is 0.133 e. The third kappa shape index (κ3) is 1.36. The van der Waals surface area contributed by atoms with Gasteiger partial charge in [-0.3, -0.25) is 4.79 Å². The molecule has 0 spiro atoms. The first-order valence-corrected chi connectivity index (χ1v) is 5.52. The number of carbonyl (C=O) groups excluding carboxylic acids is 1. The maximum Gasteiger partial charge on any atom is 0.133 e. The Balaban J connectivity index is 1.94. The molecule has 1 aromatic rings. The van der Waals surface area contributed by atoms with Crippen LogP contribution in [0.25, 0.3) is 0 Å². The number of rotatable bonds is 2. The molecule has 1 aromatic carbocycles. The minimum atomic E-state index is 0.275. The van der Waals surface area contributed by atoms with E-state index in [4.69, 9.17) is 4.74 Å². The highest BCUT2D eigenvalue weighted by molar-refractivity contribution is 5.82. The normalized spacial score (nSPS) is 27.0. The van der Waals surface area contributed by atoms with Crippen LogP contribution in [0, 0.1) is 5.92 Å². The van der Waals surface area contributed by atoms with Crippen LogP contribution in [-0.4, -0.2) is 12.4 Å². The van der Waals surface area contributed by atoms with Crippen molar-refractivity contribution in [1.29, 1.82) is 0 Å². The Hall–Kier alpha value is -1.31. The molecule has 2 aliphatic rings. The standard InChI is InChI=1S/C13H14O2/c1-8(14)11-7-12(11)9-3-2-4-13-10(9)5-6-15-13/h2-4,11-12H,5-7H2,1H3/t11-,12?/m0/s1. The summed E-state index contributed by atoms with van der Waals surface area (Å²) in [4.78, 5) is 11.3. The maximum absolute atomic E-state index is 11.3. The predicted molar refractivity (Wildman–Crippen MR) is 57.2 cm³/mol. The van der Waals surface area contributed by atoms with Crippen LogP contribution in [0.1, 0.15) is 30.4 Å². The van der Waals surface area contributed by atoms with Crippen LogP contribution in [0.4, 0.5) is 0 Å². The topological polar surface area (TPSA) is 26.3 Å². The van der Waals surface area contributed by atoms with E-state index < -0.39 is 0 Å². The third-order valence-corrected chi connectivity index (χ3v) is 3.49. The molecule has 1 heterocycles. The fourth-order valence-corrected chi connectivity index (χ4v) is 2.58. The van der Waals surface area contributed by atoms with Crippen molar-refractivity contribution in [3.05, 3.63) is 29.3 Å². The second kappa shape index (κ2) is 3.09. The highest BCUT2D eigenvalue weighted by Crippen LogP contribution is 2.50. The summed E-state index contributed by atoms with van der Waals surface area (Å²) in [6.45, 7) is 2.49. The van der Waals surface area contributed by atoms with Crippen LogP contribution >= 0.6 is 0 Å². The van der Waals surface area contributed by atoms with Crippen LogP contribution in [0.2, 0.25) is 0 Å². The summed E-state index contributed by atoms with van der Waals surface area (Å²) in [7, 11) is 0. The van der Waals surface area contributed by atoms with Crippen molar-refractivity contribution in [2.75, 3.05) is 6.61 Å². The van der Waals surface area contributed by atoms with Crippen LogP contribution < -0.4 is 4.74 Å². The van der Waals surface area contributed by atoms with Gasteiger partial charge in [-0.2, -0.15) is 0 Å². The lowest BCUT2D eigenvalue weighted by atomic mass is 9.99. The summed E-state index contributed by atoms with van der Waals surface area (Å²) in [5, 5.41) is 0. The second-order valence-corrected chi connectivity index (χ2v) is 4.48. The molecule has 0 aromatic heterocycles. The van der Waals surface area contributed by atoms with Crippen LogP contribution in [0.15, 0.2) is 18.2 Å². The zero-order chi connectivity index (χ0) is 10.4. The van der Waals surface area contributed by atoms with Crippen molar-refractivity contribution in [3.8, 4) is 5.75 Å². The van der Waals surface area contributed by atoms with Crippen molar-refractivity contribution in [2.45, 2.75) is 25.7 Å². The summed E-state index contributed by atoms with van der Waals surface area (Å²) in [6.07, 6.45) is 2.04. The monoisotopic (exact) mass is 202 g/mol. The minimum Gasteiger partial charge on any atom is -0.493 e. The van der Waals surface area contributed by atoms with E-state index in [-0.39, 0.29) is 5.92 Å². The molecule has 2 heteroatoms. The molecule has 2 atom stereocenters. The lowest BCUT2D eigenvalue weighted by molar-refractivity contribution is -0.118. The number of ether oxygens (including phenoxy) is 1. The Morgan fingerprint density at radius 3 is 3.07 bits per heavy atom. The molecule has 1 aliphatic carbocycles. The van der Waals surface area contributed by atoms with Gasteiger partial charge in [0.1, 0.15) is 11.5 Å². The van der Waals surface area contributed by atoms with E-state index in [0.29, 0.717) is 11.7 Å². The van der Waals surface area contributed by atoms with Crippen molar-refractivity contribution < 1.29 is 9.53 Å². The highest BCUT2D eigenvalue weighted by atomic mass is 16.5. The maximum atomic E-state index is 11.3. The molecule has 2 nitrogen and oxygen atoms in total. The molecule has 1 aliphatic heterocycles. The number of carbonyl (C=O) groups is 1. The van der Waals surface area contributed by atoms with Gasteiger partial charge in [0.25, 0.3) is 0 Å². The van der Waals surface area contributed by atoms with E-state index in [2.05, 4.69) is 6.07 Å². The van der Waals surface area contributed by atoms with E-state index in [1.807, 2.05) is 12.1 Å². The summed E-state index contributed by atoms with van der Waals surface area (Å²) >= 11 is 0. The molecule has 78 valence electrons. The lowest BCUT2D eigenvalue weighted by Gasteiger charge is -2.05. The van der Waals surface area contributed by atoms with E-state index in [1.54, 1.807) is 6.92 Å². The first-order chi connectivity index (χ1) is 7.27. The molecule has 0 saturated heterocycles. The molecule has 0 amide bonds. The van der Waals surface area contributed by atoms with Crippen LogP contribution in [0.3, 0.4) is 0 Å². The largest absolute Gasteiger partial charge is 0.493 e. The van der Waals surface area contributed by atoms with Crippen molar-refractivity contribution in [1.82, 2.24) is 0 Å². The molecule has 15 heavy (non-hydrogen) atoms. The summed E-state index contributed by atoms with van der Waals surface area (Å²) in [6, 6.07) is 6.22. The third-order valence-electron chi connectivity index (χ3n) is 3.49. The fraction of sp³-hybridized carbons (Fsp3) is 0.462. The molecule has 1 fully saturated rings. The SMILES string of the molecule is CC(=O)[C@@H]1CC1c1cccc2c1CCO2. The number of benzene rings is 1. The average molecular weight is 202 g/mol. The zero-order valence-corrected chi connectivity index (χ0v) is 8.82. The Morgan fingerprint density at radius 1 is 1.47 bits per heavy atom. The predicted octanol–water partition coefficient (Wildman–Crippen LogP) is 2.31. The number of Topliss-reactive ketones (excluding diaryl/α,β-unsaturated/α-hetero) is 1. The van der Waals surface area contributed by atoms with Crippen molar-refractivity contribution in [2.24, 2.45) is 5.92 Å². The second-order valence-electron chi connectivity index (χ2n) is 4.48. The molecule has 0 radical (unpaired) electrons. The van der Waals surface area contributed by atoms with Crippen molar-refractivity contribution in [3.63, 3.8) is 0 Å². The van der Waals surface area contributed by atoms with E-state index in [9.17, 15) is 4.79 Å². The summed E-state index contributed by atoms with van der Waals surface area (Å²) in [5.41, 5.74) is 2.69. The molecular formula is C13H14O2. The molecule has 3 rings (SSSR count). The van der Waals surface area contributed by atoms with Gasteiger partial charge in [0.05, 0.1) is 6.61 Å².